The summed E-state index contributed by atoms with van der Waals surface area (Å²) in [5.74, 6) is 0.0379. The molecule has 0 saturated carbocycles. The van der Waals surface area contributed by atoms with Crippen molar-refractivity contribution in [3.8, 4) is 5.75 Å². The smallest absolute Gasteiger partial charge is 0.224 e. The van der Waals surface area contributed by atoms with Crippen molar-refractivity contribution in [2.24, 2.45) is 0 Å². The lowest BCUT2D eigenvalue weighted by Crippen LogP contribution is -2.10. The molecular formula is C10H13NO2. The topological polar surface area (TPSA) is 49.3 Å². The van der Waals surface area contributed by atoms with Gasteiger partial charge in [0.1, 0.15) is 5.75 Å². The van der Waals surface area contributed by atoms with E-state index in [1.807, 2.05) is 6.92 Å². The van der Waals surface area contributed by atoms with E-state index in [0.29, 0.717) is 12.1 Å². The van der Waals surface area contributed by atoms with Gasteiger partial charge < -0.3 is 10.4 Å². The molecule has 1 rings (SSSR count). The van der Waals surface area contributed by atoms with Gasteiger partial charge in [-0.25, -0.2) is 0 Å². The summed E-state index contributed by atoms with van der Waals surface area (Å²) >= 11 is 0. The second-order valence-corrected chi connectivity index (χ2v) is 2.82. The minimum absolute atomic E-state index is 0.0657. The van der Waals surface area contributed by atoms with E-state index in [4.69, 9.17) is 0 Å². The van der Waals surface area contributed by atoms with Crippen LogP contribution in [0.1, 0.15) is 19.8 Å². The number of phenolic OH excluding ortho intramolecular Hbond substituents is 1. The summed E-state index contributed by atoms with van der Waals surface area (Å²) in [6, 6.07) is 6.69. The molecule has 0 aliphatic carbocycles. The highest BCUT2D eigenvalue weighted by atomic mass is 16.3. The molecule has 0 unspecified atom stereocenters. The maximum absolute atomic E-state index is 11.1. The Balaban J connectivity index is 2.63. The van der Waals surface area contributed by atoms with Gasteiger partial charge in [0.15, 0.2) is 0 Å². The van der Waals surface area contributed by atoms with Gasteiger partial charge in [-0.05, 0) is 18.6 Å². The molecule has 0 atom stereocenters. The Morgan fingerprint density at radius 3 is 2.77 bits per heavy atom. The van der Waals surface area contributed by atoms with Crippen molar-refractivity contribution in [3.05, 3.63) is 24.3 Å². The third-order valence-corrected chi connectivity index (χ3v) is 1.66. The van der Waals surface area contributed by atoms with Crippen LogP contribution in [0.15, 0.2) is 24.3 Å². The highest BCUT2D eigenvalue weighted by Gasteiger charge is 2.03. The van der Waals surface area contributed by atoms with E-state index in [1.54, 1.807) is 24.3 Å². The summed E-state index contributed by atoms with van der Waals surface area (Å²) in [5, 5.41) is 11.9. The van der Waals surface area contributed by atoms with Crippen molar-refractivity contribution in [2.75, 3.05) is 5.32 Å². The normalized spacial score (nSPS) is 9.62. The number of carbonyl (C=O) groups excluding carboxylic acids is 1. The third-order valence-electron chi connectivity index (χ3n) is 1.66. The van der Waals surface area contributed by atoms with Crippen LogP contribution in [0.5, 0.6) is 5.75 Å². The number of benzene rings is 1. The zero-order chi connectivity index (χ0) is 9.68. The van der Waals surface area contributed by atoms with Crippen LogP contribution in [0.2, 0.25) is 0 Å². The molecular weight excluding hydrogens is 166 g/mol. The standard InChI is InChI=1S/C10H13NO2/c1-2-5-10(13)11-8-6-3-4-7-9(8)12/h3-4,6-7,12H,2,5H2,1H3,(H,11,13). The Hall–Kier alpha value is -1.51. The van der Waals surface area contributed by atoms with Crippen molar-refractivity contribution in [2.45, 2.75) is 19.8 Å². The molecule has 1 aromatic rings. The number of aromatic hydroxyl groups is 1. The van der Waals surface area contributed by atoms with Crippen LogP contribution in [-0.2, 0) is 4.79 Å². The van der Waals surface area contributed by atoms with Crippen LogP contribution >= 0.6 is 0 Å². The van der Waals surface area contributed by atoms with Crippen LogP contribution in [0.4, 0.5) is 5.69 Å². The molecule has 0 saturated heterocycles. The lowest BCUT2D eigenvalue weighted by Gasteiger charge is -2.05. The lowest BCUT2D eigenvalue weighted by molar-refractivity contribution is -0.116. The molecule has 0 radical (unpaired) electrons. The van der Waals surface area contributed by atoms with Gasteiger partial charge in [-0.3, -0.25) is 4.79 Å². The molecule has 0 spiro atoms. The van der Waals surface area contributed by atoms with Gasteiger partial charge in [-0.2, -0.15) is 0 Å². The molecule has 3 heteroatoms. The summed E-state index contributed by atoms with van der Waals surface area (Å²) in [6.07, 6.45) is 1.29. The minimum atomic E-state index is -0.0657. The van der Waals surface area contributed by atoms with Crippen molar-refractivity contribution in [1.82, 2.24) is 0 Å². The second-order valence-electron chi connectivity index (χ2n) is 2.82. The third kappa shape index (κ3) is 2.78. The number of hydrogen-bond acceptors (Lipinski definition) is 2. The first-order valence-electron chi connectivity index (χ1n) is 4.32. The molecule has 0 bridgehead atoms. The maximum atomic E-state index is 11.1. The van der Waals surface area contributed by atoms with Gasteiger partial charge in [-0.1, -0.05) is 19.1 Å². The Kier molecular flexibility index (Phi) is 3.31. The van der Waals surface area contributed by atoms with Crippen molar-refractivity contribution in [1.29, 1.82) is 0 Å². The molecule has 2 N–H and O–H groups in total. The Bertz CT molecular complexity index is 297. The van der Waals surface area contributed by atoms with Gasteiger partial charge in [0.2, 0.25) is 5.91 Å². The zero-order valence-electron chi connectivity index (χ0n) is 7.58. The molecule has 0 fully saturated rings. The quantitative estimate of drug-likeness (QED) is 0.698. The van der Waals surface area contributed by atoms with Crippen LogP contribution in [0, 0.1) is 0 Å². The predicted octanol–water partition coefficient (Wildman–Crippen LogP) is 2.13. The molecule has 3 nitrogen and oxygen atoms in total. The fourth-order valence-electron chi connectivity index (χ4n) is 1.02. The van der Waals surface area contributed by atoms with Crippen molar-refractivity contribution in [3.63, 3.8) is 0 Å². The highest BCUT2D eigenvalue weighted by molar-refractivity contribution is 5.92. The summed E-state index contributed by atoms with van der Waals surface area (Å²) in [6.45, 7) is 1.93. The van der Waals surface area contributed by atoms with E-state index in [0.717, 1.165) is 6.42 Å². The molecule has 13 heavy (non-hydrogen) atoms. The van der Waals surface area contributed by atoms with Gasteiger partial charge in [0.25, 0.3) is 0 Å². The summed E-state index contributed by atoms with van der Waals surface area (Å²) < 4.78 is 0. The van der Waals surface area contributed by atoms with E-state index in [9.17, 15) is 9.90 Å². The first-order chi connectivity index (χ1) is 6.24. The van der Waals surface area contributed by atoms with Crippen LogP contribution in [0.3, 0.4) is 0 Å². The number of para-hydroxylation sites is 2. The molecule has 0 aromatic heterocycles. The van der Waals surface area contributed by atoms with Gasteiger partial charge in [0, 0.05) is 6.42 Å². The zero-order valence-corrected chi connectivity index (χ0v) is 7.58. The Labute approximate surface area is 77.4 Å². The SMILES string of the molecule is CCCC(=O)Nc1ccccc1O. The van der Waals surface area contributed by atoms with E-state index in [2.05, 4.69) is 5.32 Å². The Morgan fingerprint density at radius 2 is 2.15 bits per heavy atom. The lowest BCUT2D eigenvalue weighted by atomic mass is 10.2. The average molecular weight is 179 g/mol. The first-order valence-corrected chi connectivity index (χ1v) is 4.32. The molecule has 0 aliphatic rings. The highest BCUT2D eigenvalue weighted by Crippen LogP contribution is 2.21. The number of carbonyl (C=O) groups is 1. The number of amides is 1. The average Bonchev–Trinajstić information content (AvgIpc) is 2.09. The van der Waals surface area contributed by atoms with E-state index >= 15 is 0 Å². The second kappa shape index (κ2) is 4.50. The van der Waals surface area contributed by atoms with Gasteiger partial charge in [0.05, 0.1) is 5.69 Å². The fraction of sp³-hybridized carbons (Fsp3) is 0.300. The van der Waals surface area contributed by atoms with Crippen molar-refractivity contribution >= 4 is 11.6 Å². The van der Waals surface area contributed by atoms with Gasteiger partial charge >= 0.3 is 0 Å². The fourth-order valence-corrected chi connectivity index (χ4v) is 1.02. The molecule has 70 valence electrons. The molecule has 1 amide bonds. The molecule has 0 aliphatic heterocycles. The first kappa shape index (κ1) is 9.58. The Morgan fingerprint density at radius 1 is 1.46 bits per heavy atom. The molecule has 1 aromatic carbocycles. The predicted molar refractivity (Wildman–Crippen MR) is 51.6 cm³/mol. The number of hydrogen-bond donors (Lipinski definition) is 2. The monoisotopic (exact) mass is 179 g/mol. The number of phenols is 1. The van der Waals surface area contributed by atoms with E-state index < -0.39 is 0 Å². The van der Waals surface area contributed by atoms with Crippen LogP contribution in [0.25, 0.3) is 0 Å². The largest absolute Gasteiger partial charge is 0.506 e. The summed E-state index contributed by atoms with van der Waals surface area (Å²) in [5.41, 5.74) is 0.473. The summed E-state index contributed by atoms with van der Waals surface area (Å²) in [7, 11) is 0. The van der Waals surface area contributed by atoms with E-state index in [1.165, 1.54) is 0 Å². The van der Waals surface area contributed by atoms with Crippen LogP contribution < -0.4 is 5.32 Å². The van der Waals surface area contributed by atoms with Crippen molar-refractivity contribution < 1.29 is 9.90 Å². The van der Waals surface area contributed by atoms with Crippen LogP contribution in [-0.4, -0.2) is 11.0 Å². The number of nitrogens with one attached hydrogen (secondary N) is 1. The number of rotatable bonds is 3. The minimum Gasteiger partial charge on any atom is -0.506 e. The maximum Gasteiger partial charge on any atom is 0.224 e. The van der Waals surface area contributed by atoms with E-state index in [-0.39, 0.29) is 11.7 Å². The van der Waals surface area contributed by atoms with Gasteiger partial charge in [-0.15, -0.1) is 0 Å². The number of anilines is 1. The molecule has 0 heterocycles. The summed E-state index contributed by atoms with van der Waals surface area (Å²) in [4.78, 5) is 11.1.